The molecule has 0 N–H and O–H groups in total. The average Bonchev–Trinajstić information content (AvgIpc) is 2.72. The van der Waals surface area contributed by atoms with Crippen LogP contribution in [0.5, 0.6) is 0 Å². The molecule has 0 radical (unpaired) electrons. The van der Waals surface area contributed by atoms with Gasteiger partial charge in [0.05, 0.1) is 34.1 Å². The number of aryl methyl sites for hydroxylation is 1. The van der Waals surface area contributed by atoms with Crippen molar-refractivity contribution in [2.45, 2.75) is 24.8 Å². The Morgan fingerprint density at radius 1 is 1.26 bits per heavy atom. The lowest BCUT2D eigenvalue weighted by molar-refractivity contribution is -0.385. The lowest BCUT2D eigenvalue weighted by atomic mass is 9.97. The van der Waals surface area contributed by atoms with Gasteiger partial charge in [0.25, 0.3) is 5.69 Å². The summed E-state index contributed by atoms with van der Waals surface area (Å²) in [5, 5.41) is 11.8. The van der Waals surface area contributed by atoms with Gasteiger partial charge in [-0.25, -0.2) is 13.2 Å². The summed E-state index contributed by atoms with van der Waals surface area (Å²) in [7, 11) is -2.89. The second kappa shape index (κ2) is 9.67. The first kappa shape index (κ1) is 24.0. The van der Waals surface area contributed by atoms with Crippen LogP contribution in [0.25, 0.3) is 0 Å². The molecule has 8 nitrogen and oxygen atoms in total. The van der Waals surface area contributed by atoms with Gasteiger partial charge in [-0.1, -0.05) is 35.9 Å². The van der Waals surface area contributed by atoms with Crippen LogP contribution in [-0.2, 0) is 14.8 Å². The third-order valence-corrected chi connectivity index (χ3v) is 6.48. The maximum absolute atomic E-state index is 13.4. The van der Waals surface area contributed by atoms with Gasteiger partial charge in [0.1, 0.15) is 0 Å². The normalized spacial score (nSPS) is 12.3. The fraction of sp³-hybridized carbons (Fsp3) is 0.227. The van der Waals surface area contributed by atoms with E-state index in [4.69, 9.17) is 0 Å². The van der Waals surface area contributed by atoms with Crippen molar-refractivity contribution in [3.8, 4) is 0 Å². The highest BCUT2D eigenvalue weighted by atomic mass is 32.2. The lowest BCUT2D eigenvalue weighted by Crippen LogP contribution is -2.36. The molecule has 0 heterocycles. The highest BCUT2D eigenvalue weighted by Crippen LogP contribution is 2.37. The first-order valence-corrected chi connectivity index (χ1v) is 10.7. The van der Waals surface area contributed by atoms with E-state index in [9.17, 15) is 23.3 Å². The summed E-state index contributed by atoms with van der Waals surface area (Å²) in [4.78, 5) is 23.0. The van der Waals surface area contributed by atoms with Crippen LogP contribution in [0.3, 0.4) is 0 Å². The molecule has 2 aromatic rings. The standard InChI is InChI=1S/C22H24N2O6S/c1-6-13-23(31(28,29)18-10-7-16(4)8-11-18)21(15(2)3)19-12-9-17(22(25)30-5)14-20(19)24(26)27/h6-12,14,21H,1-2,13H2,3-5H3. The molecule has 2 aromatic carbocycles. The van der Waals surface area contributed by atoms with Crippen molar-refractivity contribution in [2.24, 2.45) is 0 Å². The number of ether oxygens (including phenoxy) is 1. The molecule has 31 heavy (non-hydrogen) atoms. The monoisotopic (exact) mass is 444 g/mol. The number of nitro groups is 1. The molecular weight excluding hydrogens is 420 g/mol. The van der Waals surface area contributed by atoms with Gasteiger partial charge in [-0.15, -0.1) is 6.58 Å². The average molecular weight is 445 g/mol. The molecule has 1 atom stereocenters. The Balaban J connectivity index is 2.72. The molecule has 164 valence electrons. The van der Waals surface area contributed by atoms with E-state index >= 15 is 0 Å². The van der Waals surface area contributed by atoms with Crippen LogP contribution in [-0.4, -0.2) is 37.3 Å². The van der Waals surface area contributed by atoms with Gasteiger partial charge in [0.15, 0.2) is 0 Å². The van der Waals surface area contributed by atoms with Crippen LogP contribution in [0, 0.1) is 17.0 Å². The van der Waals surface area contributed by atoms with E-state index in [1.54, 1.807) is 19.1 Å². The zero-order chi connectivity index (χ0) is 23.3. The second-order valence-electron chi connectivity index (χ2n) is 6.95. The first-order chi connectivity index (χ1) is 14.5. The van der Waals surface area contributed by atoms with Crippen LogP contribution in [0.2, 0.25) is 0 Å². The van der Waals surface area contributed by atoms with Crippen molar-refractivity contribution >= 4 is 21.7 Å². The van der Waals surface area contributed by atoms with Crippen LogP contribution in [0.4, 0.5) is 5.69 Å². The van der Waals surface area contributed by atoms with Crippen LogP contribution < -0.4 is 0 Å². The minimum absolute atomic E-state index is 0.0184. The predicted octanol–water partition coefficient (Wildman–Crippen LogP) is 4.18. The maximum atomic E-state index is 13.4. The van der Waals surface area contributed by atoms with Gasteiger partial charge < -0.3 is 4.74 Å². The van der Waals surface area contributed by atoms with E-state index in [1.807, 2.05) is 6.92 Å². The minimum atomic E-state index is -4.06. The van der Waals surface area contributed by atoms with Crippen LogP contribution >= 0.6 is 0 Å². The number of benzene rings is 2. The molecule has 9 heteroatoms. The summed E-state index contributed by atoms with van der Waals surface area (Å²) in [6, 6.07) is 9.01. The summed E-state index contributed by atoms with van der Waals surface area (Å²) in [6.45, 7) is 10.8. The molecule has 0 saturated carbocycles. The summed E-state index contributed by atoms with van der Waals surface area (Å²) in [6.07, 6.45) is 1.40. The number of carbonyl (C=O) groups excluding carboxylic acids is 1. The molecule has 0 aliphatic heterocycles. The highest BCUT2D eigenvalue weighted by Gasteiger charge is 2.36. The van der Waals surface area contributed by atoms with Gasteiger partial charge in [-0.2, -0.15) is 4.31 Å². The Hall–Kier alpha value is -3.30. The number of hydrogen-bond donors (Lipinski definition) is 0. The number of sulfonamides is 1. The molecule has 0 aliphatic rings. The molecule has 0 spiro atoms. The van der Waals surface area contributed by atoms with Crippen LogP contribution in [0.15, 0.2) is 72.2 Å². The molecule has 2 rings (SSSR count). The number of hydrogen-bond acceptors (Lipinski definition) is 6. The second-order valence-corrected chi connectivity index (χ2v) is 8.84. The van der Waals surface area contributed by atoms with Gasteiger partial charge in [0.2, 0.25) is 10.0 Å². The van der Waals surface area contributed by atoms with E-state index in [1.165, 1.54) is 37.5 Å². The molecule has 0 saturated heterocycles. The Morgan fingerprint density at radius 3 is 2.35 bits per heavy atom. The largest absolute Gasteiger partial charge is 0.465 e. The molecule has 0 aliphatic carbocycles. The van der Waals surface area contributed by atoms with Crippen molar-refractivity contribution in [2.75, 3.05) is 13.7 Å². The van der Waals surface area contributed by atoms with Crippen molar-refractivity contribution in [3.63, 3.8) is 0 Å². The third-order valence-electron chi connectivity index (χ3n) is 4.63. The number of carbonyl (C=O) groups is 1. The Kier molecular flexibility index (Phi) is 7.48. The van der Waals surface area contributed by atoms with E-state index in [0.29, 0.717) is 5.57 Å². The zero-order valence-corrected chi connectivity index (χ0v) is 18.4. The number of rotatable bonds is 9. The van der Waals surface area contributed by atoms with Gasteiger partial charge >= 0.3 is 5.97 Å². The third kappa shape index (κ3) is 5.07. The van der Waals surface area contributed by atoms with Crippen molar-refractivity contribution < 1.29 is 22.9 Å². The smallest absolute Gasteiger partial charge is 0.338 e. The summed E-state index contributed by atoms with van der Waals surface area (Å²) in [5.41, 5.74) is 0.910. The Labute approximate surface area is 181 Å². The first-order valence-electron chi connectivity index (χ1n) is 9.26. The number of esters is 1. The lowest BCUT2D eigenvalue weighted by Gasteiger charge is -2.30. The molecule has 0 aromatic heterocycles. The quantitative estimate of drug-likeness (QED) is 0.248. The van der Waals surface area contributed by atoms with Crippen molar-refractivity contribution in [1.82, 2.24) is 4.31 Å². The van der Waals surface area contributed by atoms with E-state index in [0.717, 1.165) is 15.9 Å². The summed E-state index contributed by atoms with van der Waals surface area (Å²) >= 11 is 0. The molecule has 0 bridgehead atoms. The highest BCUT2D eigenvalue weighted by molar-refractivity contribution is 7.89. The Morgan fingerprint density at radius 2 is 1.87 bits per heavy atom. The number of methoxy groups -OCH3 is 1. The van der Waals surface area contributed by atoms with Crippen LogP contribution in [0.1, 0.15) is 34.5 Å². The summed E-state index contributed by atoms with van der Waals surface area (Å²) in [5.74, 6) is -0.739. The molecule has 0 amide bonds. The molecule has 1 unspecified atom stereocenters. The van der Waals surface area contributed by atoms with Crippen molar-refractivity contribution in [1.29, 1.82) is 0 Å². The van der Waals surface area contributed by atoms with E-state index in [2.05, 4.69) is 17.9 Å². The zero-order valence-electron chi connectivity index (χ0n) is 17.6. The molecular formula is C22H24N2O6S. The fourth-order valence-corrected chi connectivity index (χ4v) is 4.78. The molecule has 0 fully saturated rings. The Bertz CT molecular complexity index is 1120. The van der Waals surface area contributed by atoms with Crippen molar-refractivity contribution in [3.05, 3.63) is 94.1 Å². The number of nitro benzene ring substituents is 1. The van der Waals surface area contributed by atoms with Gasteiger partial charge in [-0.3, -0.25) is 10.1 Å². The number of nitrogens with zero attached hydrogens (tertiary/aromatic N) is 2. The van der Waals surface area contributed by atoms with E-state index in [-0.39, 0.29) is 22.6 Å². The maximum Gasteiger partial charge on any atom is 0.338 e. The SMILES string of the molecule is C=CCN(C(C(=C)C)c1ccc(C(=O)OC)cc1[N+](=O)[O-])S(=O)(=O)c1ccc(C)cc1. The topological polar surface area (TPSA) is 107 Å². The predicted molar refractivity (Wildman–Crippen MR) is 117 cm³/mol. The fourth-order valence-electron chi connectivity index (χ4n) is 3.16. The minimum Gasteiger partial charge on any atom is -0.465 e. The van der Waals surface area contributed by atoms with Gasteiger partial charge in [-0.05, 0) is 38.1 Å². The van der Waals surface area contributed by atoms with Gasteiger partial charge in [0, 0.05) is 12.6 Å². The van der Waals surface area contributed by atoms with E-state index < -0.39 is 32.6 Å². The summed E-state index contributed by atoms with van der Waals surface area (Å²) < 4.78 is 32.6.